The third-order valence-electron chi connectivity index (χ3n) is 1.18. The van der Waals surface area contributed by atoms with Crippen LogP contribution in [0.2, 0.25) is 0 Å². The van der Waals surface area contributed by atoms with E-state index < -0.39 is 6.10 Å². The zero-order valence-corrected chi connectivity index (χ0v) is 8.18. The van der Waals surface area contributed by atoms with E-state index in [4.69, 9.17) is 4.74 Å². The number of Topliss-reactive ketones (excluding diaryl/α,β-unsaturated/α-hetero) is 1. The molecular weight excluding hydrogens is 212 g/mol. The molecule has 1 atom stereocenters. The molecule has 0 amide bonds. The number of rotatable bonds is 4. The maximum atomic E-state index is 10.8. The van der Waals surface area contributed by atoms with Crippen molar-refractivity contribution in [3.63, 3.8) is 0 Å². The van der Waals surface area contributed by atoms with E-state index >= 15 is 0 Å². The summed E-state index contributed by atoms with van der Waals surface area (Å²) in [5, 5.41) is 0.227. The van der Waals surface area contributed by atoms with Crippen LogP contribution in [0.1, 0.15) is 20.3 Å². The van der Waals surface area contributed by atoms with Crippen molar-refractivity contribution in [2.45, 2.75) is 26.4 Å². The lowest BCUT2D eigenvalue weighted by Crippen LogP contribution is -2.24. The number of ether oxygens (including phenoxy) is 1. The van der Waals surface area contributed by atoms with E-state index in [1.807, 2.05) is 0 Å². The highest BCUT2D eigenvalue weighted by Gasteiger charge is 2.14. The van der Waals surface area contributed by atoms with Gasteiger partial charge in [0.15, 0.2) is 11.9 Å². The number of halogens is 1. The molecule has 0 aromatic rings. The third-order valence-corrected chi connectivity index (χ3v) is 1.73. The Morgan fingerprint density at radius 3 is 2.45 bits per heavy atom. The van der Waals surface area contributed by atoms with Crippen molar-refractivity contribution in [1.82, 2.24) is 0 Å². The molecule has 0 radical (unpaired) electrons. The van der Waals surface area contributed by atoms with Gasteiger partial charge in [-0.25, -0.2) is 0 Å². The van der Waals surface area contributed by atoms with Gasteiger partial charge in [0.1, 0.15) is 0 Å². The van der Waals surface area contributed by atoms with Gasteiger partial charge in [-0.15, -0.1) is 0 Å². The fourth-order valence-electron chi connectivity index (χ4n) is 0.455. The molecule has 0 aromatic heterocycles. The average Bonchev–Trinajstić information content (AvgIpc) is 2.02. The van der Waals surface area contributed by atoms with Crippen LogP contribution >= 0.6 is 15.9 Å². The summed E-state index contributed by atoms with van der Waals surface area (Å²) >= 11 is 2.99. The summed E-state index contributed by atoms with van der Waals surface area (Å²) in [5.74, 6) is -0.460. The number of carbonyl (C=O) groups is 2. The minimum absolute atomic E-state index is 0.119. The second kappa shape index (κ2) is 5.29. The van der Waals surface area contributed by atoms with Crippen LogP contribution in [-0.2, 0) is 14.3 Å². The highest BCUT2D eigenvalue weighted by Crippen LogP contribution is 1.98. The summed E-state index contributed by atoms with van der Waals surface area (Å²) in [6, 6.07) is 0. The molecule has 0 saturated carbocycles. The molecule has 0 fully saturated rings. The van der Waals surface area contributed by atoms with Crippen molar-refractivity contribution in [1.29, 1.82) is 0 Å². The van der Waals surface area contributed by atoms with E-state index in [1.54, 1.807) is 13.8 Å². The second-order valence-corrected chi connectivity index (χ2v) is 2.65. The van der Waals surface area contributed by atoms with Crippen molar-refractivity contribution < 1.29 is 14.3 Å². The lowest BCUT2D eigenvalue weighted by Gasteiger charge is -2.08. The molecule has 0 spiro atoms. The van der Waals surface area contributed by atoms with Crippen LogP contribution in [0, 0.1) is 0 Å². The zero-order valence-electron chi connectivity index (χ0n) is 6.59. The third kappa shape index (κ3) is 4.14. The van der Waals surface area contributed by atoms with Crippen LogP contribution in [0.15, 0.2) is 0 Å². The smallest absolute Gasteiger partial charge is 0.306 e. The fourth-order valence-corrected chi connectivity index (χ4v) is 0.911. The Bertz CT molecular complexity index is 156. The summed E-state index contributed by atoms with van der Waals surface area (Å²) < 4.78 is 4.73. The van der Waals surface area contributed by atoms with Gasteiger partial charge in [-0.3, -0.25) is 9.59 Å². The number of esters is 1. The molecule has 3 nitrogen and oxygen atoms in total. The first-order chi connectivity index (χ1) is 5.11. The standard InChI is InChI=1S/C7H11BrO3/c1-3-7(10)11-5(2)6(9)4-8/h5H,3-4H2,1-2H3. The van der Waals surface area contributed by atoms with Crippen LogP contribution in [-0.4, -0.2) is 23.2 Å². The summed E-state index contributed by atoms with van der Waals surface area (Å²) in [5.41, 5.74) is 0. The van der Waals surface area contributed by atoms with Crippen molar-refractivity contribution in [2.75, 3.05) is 5.33 Å². The number of hydrogen-bond acceptors (Lipinski definition) is 3. The summed E-state index contributed by atoms with van der Waals surface area (Å²) in [6.07, 6.45) is -0.318. The summed E-state index contributed by atoms with van der Waals surface area (Å²) in [4.78, 5) is 21.5. The van der Waals surface area contributed by atoms with E-state index in [0.29, 0.717) is 6.42 Å². The molecule has 0 aliphatic carbocycles. The molecular formula is C7H11BrO3. The highest BCUT2D eigenvalue weighted by molar-refractivity contribution is 9.09. The Hall–Kier alpha value is -0.380. The minimum atomic E-state index is -0.623. The van der Waals surface area contributed by atoms with Crippen LogP contribution in [0.5, 0.6) is 0 Å². The number of hydrogen-bond donors (Lipinski definition) is 0. The predicted octanol–water partition coefficient (Wildman–Crippen LogP) is 1.29. The Balaban J connectivity index is 3.77. The predicted molar refractivity (Wildman–Crippen MR) is 44.6 cm³/mol. The van der Waals surface area contributed by atoms with Crippen LogP contribution in [0.25, 0.3) is 0 Å². The van der Waals surface area contributed by atoms with Gasteiger partial charge in [0.05, 0.1) is 5.33 Å². The quantitative estimate of drug-likeness (QED) is 0.532. The molecule has 0 aromatic carbocycles. The van der Waals surface area contributed by atoms with Crippen LogP contribution in [0.3, 0.4) is 0 Å². The van der Waals surface area contributed by atoms with Gasteiger partial charge in [0.2, 0.25) is 0 Å². The lowest BCUT2D eigenvalue weighted by atomic mass is 10.3. The van der Waals surface area contributed by atoms with E-state index in [0.717, 1.165) is 0 Å². The molecule has 0 heterocycles. The van der Waals surface area contributed by atoms with Crippen LogP contribution < -0.4 is 0 Å². The van der Waals surface area contributed by atoms with Gasteiger partial charge in [-0.2, -0.15) is 0 Å². The van der Waals surface area contributed by atoms with Gasteiger partial charge < -0.3 is 4.74 Å². The van der Waals surface area contributed by atoms with Gasteiger partial charge in [0, 0.05) is 6.42 Å². The summed E-state index contributed by atoms with van der Waals surface area (Å²) in [6.45, 7) is 3.25. The lowest BCUT2D eigenvalue weighted by molar-refractivity contribution is -0.152. The Morgan fingerprint density at radius 2 is 2.09 bits per heavy atom. The number of carbonyl (C=O) groups excluding carboxylic acids is 2. The molecule has 0 bridgehead atoms. The Kier molecular flexibility index (Phi) is 5.11. The minimum Gasteiger partial charge on any atom is -0.455 e. The van der Waals surface area contributed by atoms with Gasteiger partial charge >= 0.3 is 5.97 Å². The normalized spacial score (nSPS) is 12.3. The van der Waals surface area contributed by atoms with Crippen molar-refractivity contribution in [3.8, 4) is 0 Å². The number of ketones is 1. The van der Waals surface area contributed by atoms with Gasteiger partial charge in [-0.1, -0.05) is 22.9 Å². The molecule has 0 rings (SSSR count). The molecule has 1 unspecified atom stereocenters. The van der Waals surface area contributed by atoms with E-state index in [2.05, 4.69) is 15.9 Å². The fraction of sp³-hybridized carbons (Fsp3) is 0.714. The van der Waals surface area contributed by atoms with Crippen molar-refractivity contribution >= 4 is 27.7 Å². The van der Waals surface area contributed by atoms with Gasteiger partial charge in [0.25, 0.3) is 0 Å². The van der Waals surface area contributed by atoms with Crippen molar-refractivity contribution in [3.05, 3.63) is 0 Å². The Morgan fingerprint density at radius 1 is 1.55 bits per heavy atom. The molecule has 4 heteroatoms. The van der Waals surface area contributed by atoms with Crippen molar-refractivity contribution in [2.24, 2.45) is 0 Å². The maximum absolute atomic E-state index is 10.8. The average molecular weight is 223 g/mol. The van der Waals surface area contributed by atoms with Gasteiger partial charge in [-0.05, 0) is 6.92 Å². The highest BCUT2D eigenvalue weighted by atomic mass is 79.9. The van der Waals surface area contributed by atoms with E-state index in [1.165, 1.54) is 0 Å². The monoisotopic (exact) mass is 222 g/mol. The maximum Gasteiger partial charge on any atom is 0.306 e. The molecule has 0 saturated heterocycles. The van der Waals surface area contributed by atoms with Crippen LogP contribution in [0.4, 0.5) is 0 Å². The topological polar surface area (TPSA) is 43.4 Å². The zero-order chi connectivity index (χ0) is 8.85. The first-order valence-corrected chi connectivity index (χ1v) is 4.52. The largest absolute Gasteiger partial charge is 0.455 e. The van der Waals surface area contributed by atoms with E-state index in [-0.39, 0.29) is 17.1 Å². The number of alkyl halides is 1. The molecule has 0 aliphatic rings. The Labute approximate surface area is 74.2 Å². The second-order valence-electron chi connectivity index (χ2n) is 2.09. The molecule has 0 aliphatic heterocycles. The molecule has 11 heavy (non-hydrogen) atoms. The SMILES string of the molecule is CCC(=O)OC(C)C(=O)CBr. The first-order valence-electron chi connectivity index (χ1n) is 3.40. The summed E-state index contributed by atoms with van der Waals surface area (Å²) in [7, 11) is 0. The molecule has 0 N–H and O–H groups in total. The first kappa shape index (κ1) is 10.6. The molecule has 64 valence electrons. The van der Waals surface area contributed by atoms with E-state index in [9.17, 15) is 9.59 Å².